The zero-order valence-corrected chi connectivity index (χ0v) is 29.0. The van der Waals surface area contributed by atoms with Crippen LogP contribution in [0.5, 0.6) is 0 Å². The van der Waals surface area contributed by atoms with E-state index in [4.69, 9.17) is 0 Å². The fraction of sp³-hybridized carbons (Fsp3) is 0.233. The lowest BCUT2D eigenvalue weighted by Gasteiger charge is -2.37. The second-order valence-electron chi connectivity index (χ2n) is 13.1. The quantitative estimate of drug-likeness (QED) is 0.142. The average molecular weight is 703 g/mol. The van der Waals surface area contributed by atoms with Crippen LogP contribution in [0, 0.1) is 12.8 Å². The van der Waals surface area contributed by atoms with Crippen molar-refractivity contribution in [3.8, 4) is 11.3 Å². The Kier molecular flexibility index (Phi) is 11.6. The highest BCUT2D eigenvalue weighted by Gasteiger charge is 2.34. The summed E-state index contributed by atoms with van der Waals surface area (Å²) in [5, 5.41) is 3.00. The van der Waals surface area contributed by atoms with E-state index in [0.29, 0.717) is 31.7 Å². The lowest BCUT2D eigenvalue weighted by molar-refractivity contribution is -0.138. The molecule has 0 bridgehead atoms. The van der Waals surface area contributed by atoms with E-state index in [1.165, 1.54) is 23.3 Å². The molecule has 6 rings (SSSR count). The van der Waals surface area contributed by atoms with Crippen molar-refractivity contribution in [1.82, 2.24) is 20.1 Å². The number of halogens is 3. The van der Waals surface area contributed by atoms with Gasteiger partial charge >= 0.3 is 6.18 Å². The molecule has 1 aliphatic heterocycles. The van der Waals surface area contributed by atoms with Crippen molar-refractivity contribution in [2.45, 2.75) is 32.6 Å². The highest BCUT2D eigenvalue weighted by molar-refractivity contribution is 6.04. The molecule has 52 heavy (non-hydrogen) atoms. The number of hydrogen-bond acceptors (Lipinski definition) is 4. The summed E-state index contributed by atoms with van der Waals surface area (Å²) in [6, 6.07) is 35.9. The van der Waals surface area contributed by atoms with E-state index in [9.17, 15) is 22.8 Å². The molecule has 1 atom stereocenters. The van der Waals surface area contributed by atoms with Gasteiger partial charge in [0.25, 0.3) is 0 Å². The molecule has 0 aliphatic carbocycles. The van der Waals surface area contributed by atoms with Gasteiger partial charge < -0.3 is 10.2 Å². The number of pyridine rings is 1. The fourth-order valence-electron chi connectivity index (χ4n) is 6.48. The Morgan fingerprint density at radius 1 is 0.788 bits per heavy atom. The van der Waals surface area contributed by atoms with Crippen molar-refractivity contribution >= 4 is 17.9 Å². The van der Waals surface area contributed by atoms with Crippen molar-refractivity contribution in [1.29, 1.82) is 0 Å². The molecule has 0 saturated carbocycles. The van der Waals surface area contributed by atoms with Gasteiger partial charge in [0, 0.05) is 56.6 Å². The van der Waals surface area contributed by atoms with E-state index >= 15 is 0 Å². The predicted molar refractivity (Wildman–Crippen MR) is 198 cm³/mol. The van der Waals surface area contributed by atoms with Crippen molar-refractivity contribution in [2.24, 2.45) is 5.92 Å². The third kappa shape index (κ3) is 9.61. The lowest BCUT2D eigenvalue weighted by atomic mass is 9.88. The van der Waals surface area contributed by atoms with Gasteiger partial charge in [-0.15, -0.1) is 0 Å². The van der Waals surface area contributed by atoms with E-state index in [1.807, 2.05) is 83.8 Å². The molecule has 6 nitrogen and oxygen atoms in total. The first-order chi connectivity index (χ1) is 25.1. The highest BCUT2D eigenvalue weighted by Crippen LogP contribution is 2.30. The summed E-state index contributed by atoms with van der Waals surface area (Å²) < 4.78 is 40.2. The Balaban J connectivity index is 1.26. The van der Waals surface area contributed by atoms with Crippen molar-refractivity contribution < 1.29 is 22.8 Å². The molecule has 1 N–H and O–H groups in total. The molecule has 1 fully saturated rings. The molecule has 0 spiro atoms. The van der Waals surface area contributed by atoms with E-state index in [1.54, 1.807) is 12.3 Å². The third-order valence-corrected chi connectivity index (χ3v) is 9.32. The van der Waals surface area contributed by atoms with Gasteiger partial charge in [-0.3, -0.25) is 19.5 Å². The first-order valence-corrected chi connectivity index (χ1v) is 17.4. The Morgan fingerprint density at radius 2 is 1.48 bits per heavy atom. The topological polar surface area (TPSA) is 65.5 Å². The number of amides is 2. The molecule has 0 unspecified atom stereocenters. The van der Waals surface area contributed by atoms with Gasteiger partial charge in [0.15, 0.2) is 0 Å². The molecule has 0 radical (unpaired) electrons. The minimum Gasteiger partial charge on any atom is -0.348 e. The van der Waals surface area contributed by atoms with Crippen LogP contribution in [0.3, 0.4) is 0 Å². The number of aromatic nitrogens is 1. The molecular weight excluding hydrogens is 661 g/mol. The van der Waals surface area contributed by atoms with Crippen molar-refractivity contribution in [3.63, 3.8) is 0 Å². The van der Waals surface area contributed by atoms with Crippen LogP contribution in [0.1, 0.15) is 33.4 Å². The molecule has 1 aliphatic rings. The van der Waals surface area contributed by atoms with Gasteiger partial charge in [0.1, 0.15) is 0 Å². The Hall–Kier alpha value is -5.54. The summed E-state index contributed by atoms with van der Waals surface area (Å²) in [7, 11) is 0. The number of nitrogens with one attached hydrogen (secondary N) is 1. The monoisotopic (exact) mass is 702 g/mol. The summed E-state index contributed by atoms with van der Waals surface area (Å²) in [6.07, 6.45) is -0.963. The Labute approximate surface area is 302 Å². The summed E-state index contributed by atoms with van der Waals surface area (Å²) in [4.78, 5) is 37.2. The molecule has 2 heterocycles. The van der Waals surface area contributed by atoms with Gasteiger partial charge in [-0.2, -0.15) is 13.2 Å². The average Bonchev–Trinajstić information content (AvgIpc) is 3.16. The van der Waals surface area contributed by atoms with Gasteiger partial charge in [0.05, 0.1) is 17.2 Å². The number of aryl methyl sites for hydroxylation is 1. The van der Waals surface area contributed by atoms with Gasteiger partial charge in [-0.1, -0.05) is 103 Å². The maximum atomic E-state index is 14.5. The van der Waals surface area contributed by atoms with Crippen LogP contribution in [0.15, 0.2) is 133 Å². The van der Waals surface area contributed by atoms with Gasteiger partial charge in [-0.05, 0) is 65.9 Å². The van der Waals surface area contributed by atoms with Gasteiger partial charge in [-0.25, -0.2) is 0 Å². The highest BCUT2D eigenvalue weighted by atomic mass is 19.4. The van der Waals surface area contributed by atoms with Crippen molar-refractivity contribution in [2.75, 3.05) is 26.2 Å². The second kappa shape index (κ2) is 16.7. The second-order valence-corrected chi connectivity index (χ2v) is 13.1. The zero-order chi connectivity index (χ0) is 36.5. The van der Waals surface area contributed by atoms with Crippen LogP contribution >= 0.6 is 0 Å². The largest absolute Gasteiger partial charge is 0.416 e. The van der Waals surface area contributed by atoms with E-state index < -0.39 is 23.6 Å². The maximum absolute atomic E-state index is 14.5. The molecule has 1 aromatic heterocycles. The summed E-state index contributed by atoms with van der Waals surface area (Å²) in [5.41, 5.74) is 5.70. The number of rotatable bonds is 11. The number of hydrogen-bond donors (Lipinski definition) is 1. The number of nitrogens with zero attached hydrogens (tertiary/aromatic N) is 3. The van der Waals surface area contributed by atoms with E-state index in [-0.39, 0.29) is 24.4 Å². The minimum atomic E-state index is -4.50. The first kappa shape index (κ1) is 36.3. The Bertz CT molecular complexity index is 1970. The molecule has 9 heteroatoms. The maximum Gasteiger partial charge on any atom is 0.416 e. The predicted octanol–water partition coefficient (Wildman–Crippen LogP) is 7.98. The van der Waals surface area contributed by atoms with E-state index in [2.05, 4.69) is 40.3 Å². The minimum absolute atomic E-state index is 0.188. The number of piperazine rings is 1. The molecule has 1 saturated heterocycles. The normalized spacial score (nSPS) is 14.5. The van der Waals surface area contributed by atoms with Gasteiger partial charge in [0.2, 0.25) is 11.8 Å². The number of carbonyl (C=O) groups is 2. The van der Waals surface area contributed by atoms with Crippen LogP contribution in [-0.2, 0) is 35.3 Å². The smallest absolute Gasteiger partial charge is 0.348 e. The number of carbonyl (C=O) groups excluding carboxylic acids is 2. The molecular formula is C43H41F3N4O2. The van der Waals surface area contributed by atoms with Crippen LogP contribution < -0.4 is 5.32 Å². The summed E-state index contributed by atoms with van der Waals surface area (Å²) in [5.74, 6) is -1.52. The number of benzene rings is 4. The molecule has 4 aromatic carbocycles. The first-order valence-electron chi connectivity index (χ1n) is 17.4. The van der Waals surface area contributed by atoms with Crippen LogP contribution in [-0.4, -0.2) is 52.8 Å². The van der Waals surface area contributed by atoms with Crippen LogP contribution in [0.2, 0.25) is 0 Å². The Morgan fingerprint density at radius 3 is 2.13 bits per heavy atom. The fourth-order valence-corrected chi connectivity index (χ4v) is 6.48. The molecule has 5 aromatic rings. The van der Waals surface area contributed by atoms with Crippen molar-refractivity contribution in [3.05, 3.63) is 166 Å². The number of alkyl halides is 3. The molecule has 2 amide bonds. The van der Waals surface area contributed by atoms with E-state index in [0.717, 1.165) is 41.1 Å². The SMILES string of the molecule is Cc1cccc(CN2CCN(C(=O)[C@@H](Cc3ccccc3)C(=Cc3ccc(C(F)(F)F)cc3)C(=O)NCc3ccc(-c4ccccn4)cc3)CC2)c1. The third-order valence-electron chi connectivity index (χ3n) is 9.32. The zero-order valence-electron chi connectivity index (χ0n) is 29.0. The lowest BCUT2D eigenvalue weighted by Crippen LogP contribution is -2.51. The standard InChI is InChI=1S/C43H41F3N4O2/c1-31-8-7-11-35(26-31)30-49-22-24-50(25-23-49)42(52)39(28-32-9-3-2-4-10-32)38(27-33-15-19-37(20-16-33)43(44,45)46)41(51)48-29-34-13-17-36(18-14-34)40-12-5-6-21-47-40/h2-21,26-27,39H,22-25,28-30H2,1H3,(H,48,51)/t39-/m0/s1. The van der Waals surface area contributed by atoms with Crippen LogP contribution in [0.25, 0.3) is 17.3 Å². The summed E-state index contributed by atoms with van der Waals surface area (Å²) in [6.45, 7) is 5.38. The molecule has 266 valence electrons. The van der Waals surface area contributed by atoms with Crippen LogP contribution in [0.4, 0.5) is 13.2 Å². The summed E-state index contributed by atoms with van der Waals surface area (Å²) >= 11 is 0.